The van der Waals surface area contributed by atoms with Crippen molar-refractivity contribution in [1.82, 2.24) is 19.7 Å². The van der Waals surface area contributed by atoms with Crippen molar-refractivity contribution in [2.45, 2.75) is 51.2 Å². The largest absolute Gasteiger partial charge is 0.353 e. The van der Waals surface area contributed by atoms with Gasteiger partial charge >= 0.3 is 6.03 Å². The Labute approximate surface area is 137 Å². The Hall–Kier alpha value is -1.98. The predicted octanol–water partition coefficient (Wildman–Crippen LogP) is 1.71. The van der Waals surface area contributed by atoms with Crippen LogP contribution < -0.4 is 5.32 Å². The van der Waals surface area contributed by atoms with Crippen LogP contribution in [0.25, 0.3) is 0 Å². The van der Waals surface area contributed by atoms with E-state index in [0.29, 0.717) is 19.1 Å². The van der Waals surface area contributed by atoms with Crippen LogP contribution in [0, 0.1) is 0 Å². The summed E-state index contributed by atoms with van der Waals surface area (Å²) in [5.41, 5.74) is 1.13. The number of carbonyl (C=O) groups excluding carboxylic acids is 2. The van der Waals surface area contributed by atoms with Gasteiger partial charge in [0.25, 0.3) is 0 Å². The highest BCUT2D eigenvalue weighted by Crippen LogP contribution is 2.30. The van der Waals surface area contributed by atoms with E-state index in [1.54, 1.807) is 4.90 Å². The predicted molar refractivity (Wildman–Crippen MR) is 87.8 cm³/mol. The summed E-state index contributed by atoms with van der Waals surface area (Å²) >= 11 is 0. The number of amides is 3. The fourth-order valence-corrected chi connectivity index (χ4v) is 2.88. The second-order valence-corrected chi connectivity index (χ2v) is 6.56. The molecule has 6 heteroatoms. The highest BCUT2D eigenvalue weighted by atomic mass is 16.2. The van der Waals surface area contributed by atoms with Gasteiger partial charge in [-0.3, -0.25) is 4.79 Å². The van der Waals surface area contributed by atoms with Gasteiger partial charge in [-0.15, -0.1) is 0 Å². The molecule has 2 aliphatic carbocycles. The lowest BCUT2D eigenvalue weighted by Gasteiger charge is -2.28. The number of rotatable bonds is 7. The first kappa shape index (κ1) is 15.9. The van der Waals surface area contributed by atoms with Crippen molar-refractivity contribution in [2.75, 3.05) is 13.1 Å². The van der Waals surface area contributed by atoms with Crippen molar-refractivity contribution in [1.29, 1.82) is 0 Å². The van der Waals surface area contributed by atoms with Crippen LogP contribution in [0.15, 0.2) is 18.3 Å². The monoisotopic (exact) mass is 318 g/mol. The fourth-order valence-electron chi connectivity index (χ4n) is 2.88. The summed E-state index contributed by atoms with van der Waals surface area (Å²) in [7, 11) is 2.00. The summed E-state index contributed by atoms with van der Waals surface area (Å²) in [6.45, 7) is 3.31. The maximum atomic E-state index is 12.8. The molecule has 1 aromatic heterocycles. The van der Waals surface area contributed by atoms with Gasteiger partial charge in [0.1, 0.15) is 6.54 Å². The zero-order valence-electron chi connectivity index (χ0n) is 14.0. The van der Waals surface area contributed by atoms with Crippen molar-refractivity contribution >= 4 is 11.9 Å². The first-order valence-electron chi connectivity index (χ1n) is 8.54. The average molecular weight is 318 g/mol. The Morgan fingerprint density at radius 2 is 1.87 bits per heavy atom. The van der Waals surface area contributed by atoms with Crippen LogP contribution in [0.1, 0.15) is 38.3 Å². The van der Waals surface area contributed by atoms with Crippen molar-refractivity contribution < 1.29 is 9.59 Å². The standard InChI is InChI=1S/C17H26N4O2/c1-3-18-17(23)21(14-8-9-14)12-16(22)20(13-6-7-13)11-15-5-4-10-19(15)2/h4-5,10,13-14H,3,6-9,11-12H2,1-2H3,(H,18,23). The lowest BCUT2D eigenvalue weighted by atomic mass is 10.3. The van der Waals surface area contributed by atoms with Gasteiger partial charge in [-0.1, -0.05) is 0 Å². The molecule has 23 heavy (non-hydrogen) atoms. The highest BCUT2D eigenvalue weighted by molar-refractivity contribution is 5.85. The molecule has 0 atom stereocenters. The van der Waals surface area contributed by atoms with Crippen molar-refractivity contribution in [3.05, 3.63) is 24.0 Å². The van der Waals surface area contributed by atoms with Gasteiger partial charge in [0.2, 0.25) is 5.91 Å². The molecule has 0 saturated heterocycles. The molecule has 1 aromatic rings. The van der Waals surface area contributed by atoms with E-state index in [1.807, 2.05) is 41.8 Å². The minimum atomic E-state index is -0.113. The Morgan fingerprint density at radius 3 is 2.39 bits per heavy atom. The number of nitrogens with one attached hydrogen (secondary N) is 1. The van der Waals surface area contributed by atoms with E-state index < -0.39 is 0 Å². The molecule has 0 radical (unpaired) electrons. The Morgan fingerprint density at radius 1 is 1.22 bits per heavy atom. The number of nitrogens with zero attached hydrogens (tertiary/aromatic N) is 3. The number of urea groups is 1. The summed E-state index contributed by atoms with van der Waals surface area (Å²) in [6, 6.07) is 4.51. The van der Waals surface area contributed by atoms with E-state index in [1.165, 1.54) is 0 Å². The summed E-state index contributed by atoms with van der Waals surface area (Å²) in [5, 5.41) is 2.82. The third-order valence-electron chi connectivity index (χ3n) is 4.57. The lowest BCUT2D eigenvalue weighted by molar-refractivity contribution is -0.133. The summed E-state index contributed by atoms with van der Waals surface area (Å²) in [5.74, 6) is 0.0619. The zero-order valence-corrected chi connectivity index (χ0v) is 14.0. The average Bonchev–Trinajstić information content (AvgIpc) is 3.42. The molecule has 2 aliphatic rings. The third-order valence-corrected chi connectivity index (χ3v) is 4.57. The van der Waals surface area contributed by atoms with E-state index >= 15 is 0 Å². The topological polar surface area (TPSA) is 57.6 Å². The van der Waals surface area contributed by atoms with Gasteiger partial charge in [-0.25, -0.2) is 4.79 Å². The molecule has 6 nitrogen and oxygen atoms in total. The smallest absolute Gasteiger partial charge is 0.318 e. The minimum Gasteiger partial charge on any atom is -0.353 e. The second kappa shape index (κ2) is 6.64. The molecule has 0 bridgehead atoms. The molecule has 0 unspecified atom stereocenters. The van der Waals surface area contributed by atoms with Gasteiger partial charge in [-0.2, -0.15) is 0 Å². The normalized spacial score (nSPS) is 17.0. The Balaban J connectivity index is 1.66. The van der Waals surface area contributed by atoms with Gasteiger partial charge in [-0.05, 0) is 44.7 Å². The molecule has 2 fully saturated rings. The zero-order chi connectivity index (χ0) is 16.4. The van der Waals surface area contributed by atoms with Crippen LogP contribution in [-0.4, -0.2) is 51.5 Å². The van der Waals surface area contributed by atoms with Crippen molar-refractivity contribution in [2.24, 2.45) is 7.05 Å². The summed E-state index contributed by atoms with van der Waals surface area (Å²) in [4.78, 5) is 28.7. The maximum absolute atomic E-state index is 12.8. The number of aryl methyl sites for hydroxylation is 1. The molecule has 0 aliphatic heterocycles. The number of carbonyl (C=O) groups is 2. The van der Waals surface area contributed by atoms with E-state index in [0.717, 1.165) is 31.4 Å². The number of hydrogen-bond donors (Lipinski definition) is 1. The molecule has 1 heterocycles. The van der Waals surface area contributed by atoms with Gasteiger partial charge < -0.3 is 19.7 Å². The molecule has 0 aromatic carbocycles. The highest BCUT2D eigenvalue weighted by Gasteiger charge is 2.38. The van der Waals surface area contributed by atoms with E-state index in [2.05, 4.69) is 5.32 Å². The van der Waals surface area contributed by atoms with Crippen LogP contribution in [-0.2, 0) is 18.4 Å². The molecule has 126 valence electrons. The first-order chi connectivity index (χ1) is 11.1. The van der Waals surface area contributed by atoms with Crippen LogP contribution in [0.2, 0.25) is 0 Å². The van der Waals surface area contributed by atoms with Crippen LogP contribution >= 0.6 is 0 Å². The van der Waals surface area contributed by atoms with Crippen molar-refractivity contribution in [3.8, 4) is 0 Å². The first-order valence-corrected chi connectivity index (χ1v) is 8.54. The van der Waals surface area contributed by atoms with E-state index in [-0.39, 0.29) is 24.5 Å². The minimum absolute atomic E-state index is 0.0619. The van der Waals surface area contributed by atoms with Crippen LogP contribution in [0.4, 0.5) is 4.79 Å². The maximum Gasteiger partial charge on any atom is 0.318 e. The number of aromatic nitrogens is 1. The quantitative estimate of drug-likeness (QED) is 0.832. The van der Waals surface area contributed by atoms with E-state index in [4.69, 9.17) is 0 Å². The molecule has 1 N–H and O–H groups in total. The van der Waals surface area contributed by atoms with E-state index in [9.17, 15) is 9.59 Å². The lowest BCUT2D eigenvalue weighted by Crippen LogP contribution is -2.48. The molecule has 0 spiro atoms. The number of hydrogen-bond acceptors (Lipinski definition) is 2. The molecular formula is C17H26N4O2. The summed E-state index contributed by atoms with van der Waals surface area (Å²) < 4.78 is 2.05. The van der Waals surface area contributed by atoms with Gasteiger partial charge in [0.15, 0.2) is 0 Å². The van der Waals surface area contributed by atoms with Gasteiger partial charge in [0, 0.05) is 37.6 Å². The molecule has 3 amide bonds. The third kappa shape index (κ3) is 3.86. The Bertz CT molecular complexity index is 575. The SMILES string of the molecule is CCNC(=O)N(CC(=O)N(Cc1cccn1C)C1CC1)C1CC1. The molecule has 2 saturated carbocycles. The molecule has 3 rings (SSSR count). The van der Waals surface area contributed by atoms with Crippen LogP contribution in [0.3, 0.4) is 0 Å². The fraction of sp³-hybridized carbons (Fsp3) is 0.647. The van der Waals surface area contributed by atoms with Crippen LogP contribution in [0.5, 0.6) is 0 Å². The molecular weight excluding hydrogens is 292 g/mol. The van der Waals surface area contributed by atoms with Gasteiger partial charge in [0.05, 0.1) is 6.54 Å². The van der Waals surface area contributed by atoms with Crippen molar-refractivity contribution in [3.63, 3.8) is 0 Å². The second-order valence-electron chi connectivity index (χ2n) is 6.56. The Kier molecular flexibility index (Phi) is 4.59. The summed E-state index contributed by atoms with van der Waals surface area (Å²) in [6.07, 6.45) is 6.15.